The minimum atomic E-state index is 0.803. The number of nitrogens with two attached hydrogens (primary N) is 1. The SMILES string of the molecule is Cc1cc(N)ccc1Nc1ccc(N2CCCC2)cc1. The van der Waals surface area contributed by atoms with Gasteiger partial charge in [0.2, 0.25) is 0 Å². The van der Waals surface area contributed by atoms with E-state index in [-0.39, 0.29) is 0 Å². The van der Waals surface area contributed by atoms with Crippen molar-refractivity contribution in [1.29, 1.82) is 0 Å². The van der Waals surface area contributed by atoms with Crippen molar-refractivity contribution in [2.45, 2.75) is 19.8 Å². The van der Waals surface area contributed by atoms with Crippen LogP contribution >= 0.6 is 0 Å². The molecular weight excluding hydrogens is 246 g/mol. The Bertz CT molecular complexity index is 584. The van der Waals surface area contributed by atoms with Crippen molar-refractivity contribution in [2.24, 2.45) is 0 Å². The Balaban J connectivity index is 1.74. The first kappa shape index (κ1) is 12.9. The molecule has 1 aliphatic heterocycles. The van der Waals surface area contributed by atoms with Crippen LogP contribution in [0.4, 0.5) is 22.7 Å². The molecule has 0 bridgehead atoms. The van der Waals surface area contributed by atoms with Gasteiger partial charge in [0.25, 0.3) is 0 Å². The highest BCUT2D eigenvalue weighted by atomic mass is 15.1. The van der Waals surface area contributed by atoms with Gasteiger partial charge in [0, 0.05) is 35.8 Å². The molecule has 3 N–H and O–H groups in total. The van der Waals surface area contributed by atoms with Crippen LogP contribution in [0, 0.1) is 6.92 Å². The van der Waals surface area contributed by atoms with Crippen LogP contribution < -0.4 is 16.0 Å². The van der Waals surface area contributed by atoms with Crippen LogP contribution in [0.25, 0.3) is 0 Å². The number of hydrogen-bond donors (Lipinski definition) is 2. The summed E-state index contributed by atoms with van der Waals surface area (Å²) in [6.07, 6.45) is 2.62. The van der Waals surface area contributed by atoms with E-state index in [1.807, 2.05) is 18.2 Å². The van der Waals surface area contributed by atoms with E-state index in [0.717, 1.165) is 22.6 Å². The average Bonchev–Trinajstić information content (AvgIpc) is 2.97. The predicted octanol–water partition coefficient (Wildman–Crippen LogP) is 3.92. The zero-order chi connectivity index (χ0) is 13.9. The van der Waals surface area contributed by atoms with Gasteiger partial charge in [0.05, 0.1) is 0 Å². The molecule has 2 aromatic carbocycles. The van der Waals surface area contributed by atoms with Crippen LogP contribution in [0.15, 0.2) is 42.5 Å². The molecule has 104 valence electrons. The largest absolute Gasteiger partial charge is 0.399 e. The minimum absolute atomic E-state index is 0.803. The maximum absolute atomic E-state index is 5.78. The van der Waals surface area contributed by atoms with E-state index in [9.17, 15) is 0 Å². The van der Waals surface area contributed by atoms with Crippen molar-refractivity contribution < 1.29 is 0 Å². The molecule has 0 atom stereocenters. The minimum Gasteiger partial charge on any atom is -0.399 e. The van der Waals surface area contributed by atoms with Gasteiger partial charge in [0.1, 0.15) is 0 Å². The Morgan fingerprint density at radius 3 is 2.35 bits per heavy atom. The molecule has 1 heterocycles. The molecule has 0 spiro atoms. The molecule has 0 saturated carbocycles. The maximum Gasteiger partial charge on any atom is 0.0415 e. The molecule has 0 radical (unpaired) electrons. The smallest absolute Gasteiger partial charge is 0.0415 e. The second-order valence-corrected chi connectivity index (χ2v) is 5.44. The van der Waals surface area contributed by atoms with Crippen LogP contribution in [0.3, 0.4) is 0 Å². The Labute approximate surface area is 120 Å². The molecule has 3 nitrogen and oxygen atoms in total. The number of nitrogens with one attached hydrogen (secondary N) is 1. The zero-order valence-electron chi connectivity index (χ0n) is 11.9. The van der Waals surface area contributed by atoms with Gasteiger partial charge in [0.15, 0.2) is 0 Å². The zero-order valence-corrected chi connectivity index (χ0v) is 11.9. The predicted molar refractivity (Wildman–Crippen MR) is 86.8 cm³/mol. The van der Waals surface area contributed by atoms with Gasteiger partial charge in [-0.05, 0) is 67.8 Å². The fourth-order valence-corrected chi connectivity index (χ4v) is 2.71. The van der Waals surface area contributed by atoms with E-state index in [0.29, 0.717) is 0 Å². The summed E-state index contributed by atoms with van der Waals surface area (Å²) in [4.78, 5) is 2.44. The Kier molecular flexibility index (Phi) is 3.50. The highest BCUT2D eigenvalue weighted by Gasteiger charge is 2.11. The highest BCUT2D eigenvalue weighted by Crippen LogP contribution is 2.25. The molecule has 2 aromatic rings. The number of benzene rings is 2. The van der Waals surface area contributed by atoms with Crippen LogP contribution in [0.2, 0.25) is 0 Å². The fourth-order valence-electron chi connectivity index (χ4n) is 2.71. The Morgan fingerprint density at radius 1 is 1.00 bits per heavy atom. The van der Waals surface area contributed by atoms with Crippen molar-refractivity contribution in [3.8, 4) is 0 Å². The molecule has 0 aromatic heterocycles. The third kappa shape index (κ3) is 2.72. The lowest BCUT2D eigenvalue weighted by Crippen LogP contribution is -2.17. The molecule has 20 heavy (non-hydrogen) atoms. The lowest BCUT2D eigenvalue weighted by molar-refractivity contribution is 0.949. The van der Waals surface area contributed by atoms with Crippen molar-refractivity contribution in [3.63, 3.8) is 0 Å². The number of hydrogen-bond acceptors (Lipinski definition) is 3. The van der Waals surface area contributed by atoms with Gasteiger partial charge in [-0.25, -0.2) is 0 Å². The van der Waals surface area contributed by atoms with Gasteiger partial charge in [-0.1, -0.05) is 0 Å². The first-order chi connectivity index (χ1) is 9.72. The summed E-state index contributed by atoms with van der Waals surface area (Å²) in [5.41, 5.74) is 11.3. The standard InChI is InChI=1S/C17H21N3/c1-13-12-14(18)4-9-17(13)19-15-5-7-16(8-6-15)20-10-2-3-11-20/h4-9,12,19H,2-3,10-11,18H2,1H3. The third-order valence-corrected chi connectivity index (χ3v) is 3.87. The van der Waals surface area contributed by atoms with Crippen LogP contribution in [0.5, 0.6) is 0 Å². The fraction of sp³-hybridized carbons (Fsp3) is 0.294. The molecule has 0 amide bonds. The Hall–Kier alpha value is -2.16. The average molecular weight is 267 g/mol. The summed E-state index contributed by atoms with van der Waals surface area (Å²) in [6, 6.07) is 14.6. The maximum atomic E-state index is 5.78. The van der Waals surface area contributed by atoms with Gasteiger partial charge < -0.3 is 16.0 Å². The van der Waals surface area contributed by atoms with Crippen LogP contribution in [-0.4, -0.2) is 13.1 Å². The highest BCUT2D eigenvalue weighted by molar-refractivity contribution is 5.67. The second kappa shape index (κ2) is 5.45. The monoisotopic (exact) mass is 267 g/mol. The summed E-state index contributed by atoms with van der Waals surface area (Å²) in [5, 5.41) is 3.44. The molecule has 3 rings (SSSR count). The Morgan fingerprint density at radius 2 is 1.70 bits per heavy atom. The van der Waals surface area contributed by atoms with E-state index < -0.39 is 0 Å². The molecule has 0 aliphatic carbocycles. The first-order valence-electron chi connectivity index (χ1n) is 7.20. The summed E-state index contributed by atoms with van der Waals surface area (Å²) >= 11 is 0. The molecule has 1 saturated heterocycles. The normalized spacial score (nSPS) is 14.6. The quantitative estimate of drug-likeness (QED) is 0.828. The van der Waals surface area contributed by atoms with Crippen molar-refractivity contribution in [2.75, 3.05) is 29.0 Å². The van der Waals surface area contributed by atoms with Crippen molar-refractivity contribution in [3.05, 3.63) is 48.0 Å². The summed E-state index contributed by atoms with van der Waals surface area (Å²) in [7, 11) is 0. The summed E-state index contributed by atoms with van der Waals surface area (Å²) < 4.78 is 0. The topological polar surface area (TPSA) is 41.3 Å². The molecule has 1 aliphatic rings. The van der Waals surface area contributed by atoms with Gasteiger partial charge in [-0.15, -0.1) is 0 Å². The lowest BCUT2D eigenvalue weighted by Gasteiger charge is -2.18. The van der Waals surface area contributed by atoms with E-state index in [1.54, 1.807) is 0 Å². The van der Waals surface area contributed by atoms with E-state index in [4.69, 9.17) is 5.73 Å². The van der Waals surface area contributed by atoms with E-state index in [1.165, 1.54) is 31.6 Å². The molecule has 3 heteroatoms. The number of nitrogens with zero attached hydrogens (tertiary/aromatic N) is 1. The van der Waals surface area contributed by atoms with Crippen molar-refractivity contribution >= 4 is 22.7 Å². The second-order valence-electron chi connectivity index (χ2n) is 5.44. The summed E-state index contributed by atoms with van der Waals surface area (Å²) in [6.45, 7) is 4.44. The van der Waals surface area contributed by atoms with Crippen LogP contribution in [0.1, 0.15) is 18.4 Å². The number of nitrogen functional groups attached to an aromatic ring is 1. The number of rotatable bonds is 3. The van der Waals surface area contributed by atoms with Gasteiger partial charge in [-0.2, -0.15) is 0 Å². The third-order valence-electron chi connectivity index (χ3n) is 3.87. The summed E-state index contributed by atoms with van der Waals surface area (Å²) in [5.74, 6) is 0. The number of aryl methyl sites for hydroxylation is 1. The van der Waals surface area contributed by atoms with Gasteiger partial charge in [-0.3, -0.25) is 0 Å². The van der Waals surface area contributed by atoms with Crippen molar-refractivity contribution in [1.82, 2.24) is 0 Å². The lowest BCUT2D eigenvalue weighted by atomic mass is 10.1. The number of anilines is 4. The van der Waals surface area contributed by atoms with Gasteiger partial charge >= 0.3 is 0 Å². The van der Waals surface area contributed by atoms with E-state index >= 15 is 0 Å². The van der Waals surface area contributed by atoms with E-state index in [2.05, 4.69) is 41.4 Å². The molecular formula is C17H21N3. The molecule has 0 unspecified atom stereocenters. The first-order valence-corrected chi connectivity index (χ1v) is 7.20. The van der Waals surface area contributed by atoms with Crippen LogP contribution in [-0.2, 0) is 0 Å². The molecule has 1 fully saturated rings.